The molecule has 0 spiro atoms. The number of anilines is 1. The first-order valence-electron chi connectivity index (χ1n) is 10.3. The summed E-state index contributed by atoms with van der Waals surface area (Å²) in [7, 11) is 0. The van der Waals surface area contributed by atoms with Crippen molar-refractivity contribution < 1.29 is 1.37 Å². The molecule has 2 heteroatoms. The zero-order valence-electron chi connectivity index (χ0n) is 17.1. The van der Waals surface area contributed by atoms with Crippen LogP contribution in [0.1, 0.15) is 55.7 Å². The van der Waals surface area contributed by atoms with Gasteiger partial charge in [-0.15, -0.1) is 0 Å². The Morgan fingerprint density at radius 1 is 0.778 bits per heavy atom. The van der Waals surface area contributed by atoms with Crippen LogP contribution in [0.4, 0.5) is 5.69 Å². The first-order chi connectivity index (χ1) is 13.5. The fraction of sp³-hybridized carbons (Fsp3) is 0.280. The Kier molecular flexibility index (Phi) is 3.58. The highest BCUT2D eigenvalue weighted by atomic mass is 15.5. The molecule has 136 valence electrons. The van der Waals surface area contributed by atoms with Crippen LogP contribution in [0.2, 0.25) is 0 Å². The van der Waals surface area contributed by atoms with Crippen LogP contribution >= 0.6 is 0 Å². The number of benzene rings is 3. The number of aryl methyl sites for hydroxylation is 1. The summed E-state index contributed by atoms with van der Waals surface area (Å²) in [6.45, 7) is 6.54. The van der Waals surface area contributed by atoms with Gasteiger partial charge in [0, 0.05) is 17.7 Å². The van der Waals surface area contributed by atoms with Crippen LogP contribution in [-0.2, 0) is 0 Å². The summed E-state index contributed by atoms with van der Waals surface area (Å²) in [6, 6.07) is 27.5. The van der Waals surface area contributed by atoms with Crippen LogP contribution in [0.3, 0.4) is 0 Å². The van der Waals surface area contributed by atoms with Gasteiger partial charge in [-0.25, -0.2) is 0 Å². The van der Waals surface area contributed by atoms with Gasteiger partial charge in [0.25, 0.3) is 0 Å². The van der Waals surface area contributed by atoms with E-state index in [1.54, 1.807) is 0 Å². The van der Waals surface area contributed by atoms with Crippen molar-refractivity contribution in [1.82, 2.24) is 4.90 Å². The molecule has 27 heavy (non-hydrogen) atoms. The fourth-order valence-electron chi connectivity index (χ4n) is 5.07. The molecule has 2 aliphatic heterocycles. The van der Waals surface area contributed by atoms with E-state index >= 15 is 0 Å². The third-order valence-corrected chi connectivity index (χ3v) is 6.27. The monoisotopic (exact) mass is 355 g/mol. The molecule has 0 N–H and O–H groups in total. The van der Waals surface area contributed by atoms with Crippen molar-refractivity contribution in [3.8, 4) is 0 Å². The van der Waals surface area contributed by atoms with Crippen molar-refractivity contribution in [2.45, 2.75) is 45.0 Å². The van der Waals surface area contributed by atoms with E-state index in [1.165, 1.54) is 22.4 Å². The molecule has 2 aliphatic rings. The van der Waals surface area contributed by atoms with Crippen LogP contribution in [0.25, 0.3) is 0 Å². The van der Waals surface area contributed by atoms with E-state index in [4.69, 9.17) is 0 Å². The van der Waals surface area contributed by atoms with Gasteiger partial charge in [0.1, 0.15) is 6.17 Å². The van der Waals surface area contributed by atoms with E-state index in [0.717, 1.165) is 5.56 Å². The average molecular weight is 356 g/mol. The SMILES string of the molecule is [2H]C1(C)c2ccccc2C2[C@H](C)N(c3ccccc3C)C(c3ccccc3)N21. The molecular weight excluding hydrogens is 328 g/mol. The number of hydrogen-bond donors (Lipinski definition) is 0. The molecule has 4 atom stereocenters. The minimum atomic E-state index is -0.770. The first-order valence-corrected chi connectivity index (χ1v) is 9.78. The van der Waals surface area contributed by atoms with Crippen molar-refractivity contribution >= 4 is 5.69 Å². The first kappa shape index (κ1) is 15.5. The molecule has 5 rings (SSSR count). The zero-order chi connectivity index (χ0) is 19.5. The highest BCUT2D eigenvalue weighted by Gasteiger charge is 2.52. The smallest absolute Gasteiger partial charge is 0.110 e. The Bertz CT molecular complexity index is 1010. The third kappa shape index (κ3) is 2.36. The van der Waals surface area contributed by atoms with E-state index in [1.807, 2.05) is 0 Å². The number of rotatable bonds is 2. The summed E-state index contributed by atoms with van der Waals surface area (Å²) in [5.74, 6) is 0. The predicted octanol–water partition coefficient (Wildman–Crippen LogP) is 6.02. The lowest BCUT2D eigenvalue weighted by Crippen LogP contribution is -2.34. The minimum absolute atomic E-state index is 0.0252. The predicted molar refractivity (Wildman–Crippen MR) is 112 cm³/mol. The molecule has 1 fully saturated rings. The summed E-state index contributed by atoms with van der Waals surface area (Å²) < 4.78 is 9.37. The zero-order valence-corrected chi connectivity index (χ0v) is 16.1. The summed E-state index contributed by atoms with van der Waals surface area (Å²) in [5, 5.41) is 0. The maximum atomic E-state index is 9.37. The molecule has 2 heterocycles. The average Bonchev–Trinajstić information content (AvgIpc) is 3.14. The Labute approximate surface area is 163 Å². The summed E-state index contributed by atoms with van der Waals surface area (Å²) in [5.41, 5.74) is 6.20. The van der Waals surface area contributed by atoms with Gasteiger partial charge in [0.2, 0.25) is 0 Å². The highest BCUT2D eigenvalue weighted by Crippen LogP contribution is 2.56. The molecule has 3 unspecified atom stereocenters. The van der Waals surface area contributed by atoms with Crippen LogP contribution in [0, 0.1) is 6.92 Å². The van der Waals surface area contributed by atoms with Gasteiger partial charge in [0.15, 0.2) is 0 Å². The molecule has 0 bridgehead atoms. The second-order valence-electron chi connectivity index (χ2n) is 7.74. The number of hydrogen-bond acceptors (Lipinski definition) is 2. The Hall–Kier alpha value is -2.58. The number of para-hydroxylation sites is 1. The van der Waals surface area contributed by atoms with Gasteiger partial charge in [-0.05, 0) is 49.1 Å². The molecule has 0 aliphatic carbocycles. The van der Waals surface area contributed by atoms with Crippen molar-refractivity contribution in [3.63, 3.8) is 0 Å². The maximum Gasteiger partial charge on any atom is 0.110 e. The van der Waals surface area contributed by atoms with Crippen LogP contribution in [0.5, 0.6) is 0 Å². The third-order valence-electron chi connectivity index (χ3n) is 6.27. The fourth-order valence-corrected chi connectivity index (χ4v) is 5.07. The van der Waals surface area contributed by atoms with Crippen molar-refractivity contribution in [2.75, 3.05) is 4.90 Å². The molecule has 0 aromatic heterocycles. The van der Waals surface area contributed by atoms with Crippen LogP contribution in [0.15, 0.2) is 78.9 Å². The Morgan fingerprint density at radius 2 is 1.41 bits per heavy atom. The van der Waals surface area contributed by atoms with Crippen LogP contribution in [-0.4, -0.2) is 10.9 Å². The van der Waals surface area contributed by atoms with Gasteiger partial charge < -0.3 is 4.90 Å². The van der Waals surface area contributed by atoms with Gasteiger partial charge in [0.05, 0.1) is 7.41 Å². The van der Waals surface area contributed by atoms with Gasteiger partial charge in [-0.1, -0.05) is 72.8 Å². The van der Waals surface area contributed by atoms with E-state index in [-0.39, 0.29) is 18.2 Å². The normalized spacial score (nSPS) is 30.1. The molecule has 3 aromatic rings. The van der Waals surface area contributed by atoms with E-state index in [2.05, 4.69) is 109 Å². The Morgan fingerprint density at radius 3 is 2.15 bits per heavy atom. The molecular formula is C25H26N2. The van der Waals surface area contributed by atoms with Crippen molar-refractivity contribution in [3.05, 3.63) is 101 Å². The lowest BCUT2D eigenvalue weighted by atomic mass is 9.97. The molecule has 3 aromatic carbocycles. The lowest BCUT2D eigenvalue weighted by Gasteiger charge is -2.36. The molecule has 2 nitrogen and oxygen atoms in total. The quantitative estimate of drug-likeness (QED) is 0.554. The minimum Gasteiger partial charge on any atom is -0.347 e. The number of nitrogens with zero attached hydrogens (tertiary/aromatic N) is 2. The molecule has 1 saturated heterocycles. The molecule has 0 radical (unpaired) electrons. The molecule has 0 amide bonds. The van der Waals surface area contributed by atoms with Gasteiger partial charge >= 0.3 is 0 Å². The Balaban J connectivity index is 1.75. The summed E-state index contributed by atoms with van der Waals surface area (Å²) in [4.78, 5) is 4.93. The largest absolute Gasteiger partial charge is 0.347 e. The van der Waals surface area contributed by atoms with Gasteiger partial charge in [-0.2, -0.15) is 0 Å². The maximum absolute atomic E-state index is 9.37. The van der Waals surface area contributed by atoms with E-state index in [0.29, 0.717) is 0 Å². The van der Waals surface area contributed by atoms with Gasteiger partial charge in [-0.3, -0.25) is 4.90 Å². The van der Waals surface area contributed by atoms with E-state index < -0.39 is 6.02 Å². The van der Waals surface area contributed by atoms with Crippen molar-refractivity contribution in [2.24, 2.45) is 0 Å². The number of fused-ring (bicyclic) bond motifs is 3. The summed E-state index contributed by atoms with van der Waals surface area (Å²) in [6.07, 6.45) is 0.0252. The second-order valence-corrected chi connectivity index (χ2v) is 7.74. The summed E-state index contributed by atoms with van der Waals surface area (Å²) >= 11 is 0. The van der Waals surface area contributed by atoms with E-state index in [9.17, 15) is 1.37 Å². The lowest BCUT2D eigenvalue weighted by molar-refractivity contribution is 0.162. The van der Waals surface area contributed by atoms with Crippen molar-refractivity contribution in [1.29, 1.82) is 0 Å². The highest BCUT2D eigenvalue weighted by molar-refractivity contribution is 5.59. The second kappa shape index (κ2) is 6.24. The molecule has 0 saturated carbocycles. The topological polar surface area (TPSA) is 6.48 Å². The standard InChI is InChI=1S/C25H26N2/c1-17-11-7-10-16-23(17)26-19(3)24-22-15-9-8-14-21(22)18(2)27(24)25(26)20-12-5-4-6-13-20/h4-16,18-19,24-25H,1-3H3/t18?,19-,24?,25?/m0/s1/i18D. The van der Waals surface area contributed by atoms with Crippen LogP contribution < -0.4 is 4.90 Å².